The molecule has 0 bridgehead atoms. The van der Waals surface area contributed by atoms with E-state index in [0.29, 0.717) is 36.9 Å². The van der Waals surface area contributed by atoms with E-state index in [1.165, 1.54) is 54.4 Å². The third-order valence-electron chi connectivity index (χ3n) is 9.46. The van der Waals surface area contributed by atoms with Crippen LogP contribution < -0.4 is 0 Å². The smallest absolute Gasteiger partial charge is 0.389 e. The van der Waals surface area contributed by atoms with Crippen LogP contribution in [0.1, 0.15) is 108 Å². The van der Waals surface area contributed by atoms with Crippen molar-refractivity contribution >= 4 is 5.97 Å². The van der Waals surface area contributed by atoms with E-state index in [4.69, 9.17) is 4.74 Å². The molecule has 1 aliphatic rings. The van der Waals surface area contributed by atoms with Gasteiger partial charge >= 0.3 is 12.1 Å². The number of hydrogen-bond acceptors (Lipinski definition) is 3. The predicted octanol–water partition coefficient (Wildman–Crippen LogP) is 10.4. The summed E-state index contributed by atoms with van der Waals surface area (Å²) in [4.78, 5) is 11.8. The van der Waals surface area contributed by atoms with Crippen molar-refractivity contribution in [2.75, 3.05) is 13.2 Å². The Hall–Kier alpha value is -2.60. The molecule has 0 heterocycles. The molecule has 0 amide bonds. The predicted molar refractivity (Wildman–Crippen MR) is 173 cm³/mol. The topological polar surface area (TPSA) is 46.5 Å². The highest BCUT2D eigenvalue weighted by atomic mass is 19.4. The van der Waals surface area contributed by atoms with Crippen LogP contribution in [-0.4, -0.2) is 30.5 Å². The molecule has 3 nitrogen and oxygen atoms in total. The van der Waals surface area contributed by atoms with Gasteiger partial charge in [0.25, 0.3) is 0 Å². The first-order chi connectivity index (χ1) is 21.2. The number of aryl methyl sites for hydroxylation is 2. The number of aliphatic hydroxyl groups is 1. The zero-order valence-electron chi connectivity index (χ0n) is 26.7. The maximum atomic E-state index is 12.3. The average molecular weight is 615 g/mol. The Bertz CT molecular complexity index is 1100. The van der Waals surface area contributed by atoms with Crippen LogP contribution in [0, 0.1) is 17.8 Å². The zero-order valence-corrected chi connectivity index (χ0v) is 26.7. The fraction of sp³-hybridized carbons (Fsp3) is 0.605. The molecule has 1 N–H and O–H groups in total. The lowest BCUT2D eigenvalue weighted by Crippen LogP contribution is -2.15. The van der Waals surface area contributed by atoms with E-state index in [9.17, 15) is 23.1 Å². The number of halogens is 3. The van der Waals surface area contributed by atoms with Gasteiger partial charge in [0.05, 0.1) is 6.61 Å². The number of hydrogen-bond donors (Lipinski definition) is 1. The van der Waals surface area contributed by atoms with Crippen molar-refractivity contribution < 1.29 is 27.8 Å². The molecule has 0 aliphatic heterocycles. The third-order valence-corrected chi connectivity index (χ3v) is 9.46. The Morgan fingerprint density at radius 3 is 1.95 bits per heavy atom. The fourth-order valence-electron chi connectivity index (χ4n) is 6.44. The molecule has 0 saturated heterocycles. The first kappa shape index (κ1) is 35.9. The lowest BCUT2D eigenvalue weighted by molar-refractivity contribution is -0.139. The number of ether oxygens (including phenoxy) is 1. The van der Waals surface area contributed by atoms with Gasteiger partial charge in [0.1, 0.15) is 0 Å². The van der Waals surface area contributed by atoms with E-state index >= 15 is 0 Å². The molecule has 1 unspecified atom stereocenters. The summed E-state index contributed by atoms with van der Waals surface area (Å²) in [5, 5.41) is 9.44. The van der Waals surface area contributed by atoms with Crippen LogP contribution in [0.15, 0.2) is 60.7 Å². The average Bonchev–Trinajstić information content (AvgIpc) is 3.02. The number of esters is 1. The number of carbonyl (C=O) groups excluding carboxylic acids is 1. The lowest BCUT2D eigenvalue weighted by atomic mass is 9.77. The first-order valence-corrected chi connectivity index (χ1v) is 16.9. The Balaban J connectivity index is 1.34. The number of carbonyl (C=O) groups is 1. The number of alkyl halides is 3. The summed E-state index contributed by atoms with van der Waals surface area (Å²) in [5.74, 6) is 1.36. The largest absolute Gasteiger partial charge is 0.462 e. The van der Waals surface area contributed by atoms with Crippen LogP contribution in [0.3, 0.4) is 0 Å². The second-order valence-electron chi connectivity index (χ2n) is 12.8. The minimum atomic E-state index is -4.01. The molecule has 0 radical (unpaired) electrons. The zero-order chi connectivity index (χ0) is 31.8. The van der Waals surface area contributed by atoms with Crippen LogP contribution in [0.4, 0.5) is 13.2 Å². The quantitative estimate of drug-likeness (QED) is 0.0973. The molecule has 0 spiro atoms. The summed E-state index contributed by atoms with van der Waals surface area (Å²) in [6, 6.07) is 17.7. The van der Waals surface area contributed by atoms with Crippen molar-refractivity contribution in [1.29, 1.82) is 0 Å². The summed E-state index contributed by atoms with van der Waals surface area (Å²) in [7, 11) is 0. The second kappa shape index (κ2) is 19.0. The third kappa shape index (κ3) is 13.6. The van der Waals surface area contributed by atoms with E-state index in [2.05, 4.69) is 55.1 Å². The summed E-state index contributed by atoms with van der Waals surface area (Å²) >= 11 is 0. The molecule has 1 saturated carbocycles. The van der Waals surface area contributed by atoms with E-state index in [0.717, 1.165) is 50.9 Å². The minimum absolute atomic E-state index is 0.147. The van der Waals surface area contributed by atoms with Gasteiger partial charge in [-0.1, -0.05) is 101 Å². The Kier molecular flexibility index (Phi) is 15.5. The van der Waals surface area contributed by atoms with Crippen molar-refractivity contribution in [1.82, 2.24) is 0 Å². The highest BCUT2D eigenvalue weighted by Gasteiger charge is 2.26. The van der Waals surface area contributed by atoms with Gasteiger partial charge in [0.15, 0.2) is 0 Å². The van der Waals surface area contributed by atoms with Gasteiger partial charge in [0, 0.05) is 18.6 Å². The van der Waals surface area contributed by atoms with Gasteiger partial charge in [-0.25, -0.2) is 4.79 Å². The number of benzene rings is 2. The normalized spacial score (nSPS) is 17.8. The summed E-state index contributed by atoms with van der Waals surface area (Å²) in [5.41, 5.74) is 5.59. The van der Waals surface area contributed by atoms with Gasteiger partial charge in [-0.2, -0.15) is 13.2 Å². The van der Waals surface area contributed by atoms with E-state index < -0.39 is 12.6 Å². The number of rotatable bonds is 19. The lowest BCUT2D eigenvalue weighted by Gasteiger charge is -2.28. The van der Waals surface area contributed by atoms with Gasteiger partial charge < -0.3 is 9.84 Å². The van der Waals surface area contributed by atoms with Crippen LogP contribution in [0.5, 0.6) is 0 Å². The molecule has 1 fully saturated rings. The SMILES string of the molecule is C=C(CC)C(=O)OCCC(CCO)CCCc1ccc(-c2ccc(CCC3CCC(CCCCC(F)(F)F)CC3)cc2)cc1. The molecule has 1 aliphatic carbocycles. The summed E-state index contributed by atoms with van der Waals surface area (Å²) in [6.45, 7) is 6.13. The Morgan fingerprint density at radius 2 is 1.41 bits per heavy atom. The number of unbranched alkanes of at least 4 members (excludes halogenated alkanes) is 1. The molecule has 244 valence electrons. The van der Waals surface area contributed by atoms with Crippen LogP contribution >= 0.6 is 0 Å². The fourth-order valence-corrected chi connectivity index (χ4v) is 6.44. The summed E-state index contributed by atoms with van der Waals surface area (Å²) < 4.78 is 42.3. The number of aliphatic hydroxyl groups excluding tert-OH is 1. The van der Waals surface area contributed by atoms with Crippen LogP contribution in [0.25, 0.3) is 11.1 Å². The molecule has 6 heteroatoms. The van der Waals surface area contributed by atoms with Crippen molar-refractivity contribution in [2.45, 2.75) is 116 Å². The minimum Gasteiger partial charge on any atom is -0.462 e. The van der Waals surface area contributed by atoms with E-state index in [-0.39, 0.29) is 19.0 Å². The molecule has 1 atom stereocenters. The van der Waals surface area contributed by atoms with Crippen molar-refractivity contribution in [3.63, 3.8) is 0 Å². The van der Waals surface area contributed by atoms with Crippen LogP contribution in [-0.2, 0) is 22.4 Å². The monoisotopic (exact) mass is 614 g/mol. The second-order valence-corrected chi connectivity index (χ2v) is 12.8. The standard InChI is InChI=1S/C38H53F3O3/c1-3-29(2)37(43)44-28-25-32(24-27-42)9-6-8-31-16-20-35(21-17-31)36-22-18-34(19-23-36)15-14-33-12-10-30(11-13-33)7-4-5-26-38(39,40)41/h16-23,30,32-33,42H,2-15,24-28H2,1H3. The van der Waals surface area contributed by atoms with Gasteiger partial charge in [0.2, 0.25) is 0 Å². The van der Waals surface area contributed by atoms with Gasteiger partial charge in [-0.15, -0.1) is 0 Å². The first-order valence-electron chi connectivity index (χ1n) is 16.9. The van der Waals surface area contributed by atoms with Gasteiger partial charge in [-0.05, 0) is 97.8 Å². The highest BCUT2D eigenvalue weighted by molar-refractivity contribution is 5.87. The molecular weight excluding hydrogens is 561 g/mol. The van der Waals surface area contributed by atoms with Crippen molar-refractivity contribution in [2.24, 2.45) is 17.8 Å². The van der Waals surface area contributed by atoms with Gasteiger partial charge in [-0.3, -0.25) is 0 Å². The van der Waals surface area contributed by atoms with E-state index in [1.807, 2.05) is 6.92 Å². The molecule has 2 aromatic carbocycles. The Labute approximate surface area is 263 Å². The maximum absolute atomic E-state index is 12.3. The molecule has 2 aromatic rings. The summed E-state index contributed by atoms with van der Waals surface area (Å²) in [6.07, 6.45) is 9.36. The van der Waals surface area contributed by atoms with Crippen molar-refractivity contribution in [3.8, 4) is 11.1 Å². The van der Waals surface area contributed by atoms with Crippen LogP contribution in [0.2, 0.25) is 0 Å². The molecular formula is C38H53F3O3. The molecule has 3 rings (SSSR count). The molecule has 0 aromatic heterocycles. The molecule has 44 heavy (non-hydrogen) atoms. The highest BCUT2D eigenvalue weighted by Crippen LogP contribution is 2.35. The van der Waals surface area contributed by atoms with E-state index in [1.54, 1.807) is 0 Å². The Morgan fingerprint density at radius 1 is 0.841 bits per heavy atom. The van der Waals surface area contributed by atoms with Crippen molar-refractivity contribution in [3.05, 3.63) is 71.8 Å². The maximum Gasteiger partial charge on any atom is 0.389 e.